The van der Waals surface area contributed by atoms with Gasteiger partial charge < -0.3 is 9.88 Å². The summed E-state index contributed by atoms with van der Waals surface area (Å²) < 4.78 is 2.14. The lowest BCUT2D eigenvalue weighted by atomic mass is 9.96. The fraction of sp³-hybridized carbons (Fsp3) is 0.310. The molecule has 2 aromatic heterocycles. The fourth-order valence-corrected chi connectivity index (χ4v) is 5.60. The van der Waals surface area contributed by atoms with Crippen molar-refractivity contribution in [3.05, 3.63) is 93.8 Å². The van der Waals surface area contributed by atoms with Gasteiger partial charge in [-0.3, -0.25) is 0 Å². The lowest BCUT2D eigenvalue weighted by Gasteiger charge is -2.22. The lowest BCUT2D eigenvalue weighted by Crippen LogP contribution is -2.37. The highest BCUT2D eigenvalue weighted by atomic mass is 32.1. The number of amides is 2. The maximum atomic E-state index is 13.4. The molecule has 1 aliphatic rings. The molecule has 0 fully saturated rings. The molecule has 0 saturated carbocycles. The van der Waals surface area contributed by atoms with Crippen molar-refractivity contribution in [1.82, 2.24) is 14.9 Å². The first-order valence-electron chi connectivity index (χ1n) is 12.3. The zero-order valence-corrected chi connectivity index (χ0v) is 21.4. The van der Waals surface area contributed by atoms with Gasteiger partial charge in [-0.2, -0.15) is 5.10 Å². The van der Waals surface area contributed by atoms with Crippen LogP contribution < -0.4 is 5.32 Å². The van der Waals surface area contributed by atoms with Crippen molar-refractivity contribution in [3.8, 4) is 0 Å². The number of hydrazone groups is 1. The Kier molecular flexibility index (Phi) is 6.73. The van der Waals surface area contributed by atoms with Crippen molar-refractivity contribution in [3.63, 3.8) is 0 Å². The number of aryl methyl sites for hydroxylation is 1. The summed E-state index contributed by atoms with van der Waals surface area (Å²) >= 11 is 1.72. The molecule has 6 heteroatoms. The molecule has 2 aromatic carbocycles. The van der Waals surface area contributed by atoms with E-state index < -0.39 is 0 Å². The first-order chi connectivity index (χ1) is 17.0. The third-order valence-corrected chi connectivity index (χ3v) is 7.50. The fourth-order valence-electron chi connectivity index (χ4n) is 4.89. The van der Waals surface area contributed by atoms with Gasteiger partial charge in [-0.25, -0.2) is 9.80 Å². The van der Waals surface area contributed by atoms with Gasteiger partial charge in [0, 0.05) is 47.6 Å². The summed E-state index contributed by atoms with van der Waals surface area (Å²) in [6.45, 7) is 5.06. The van der Waals surface area contributed by atoms with Crippen LogP contribution in [0.2, 0.25) is 0 Å². The predicted molar refractivity (Wildman–Crippen MR) is 145 cm³/mol. The van der Waals surface area contributed by atoms with E-state index in [0.29, 0.717) is 18.9 Å². The lowest BCUT2D eigenvalue weighted by molar-refractivity contribution is 0.186. The molecule has 3 heterocycles. The van der Waals surface area contributed by atoms with Gasteiger partial charge in [-0.05, 0) is 47.4 Å². The SMILES string of the molecule is CC(C)Cc1ccc(C2=NN(C(=O)NCCc3cccs3)C(c3cn(C)c4ccccc34)C2)cc1. The Balaban J connectivity index is 1.42. The second-order valence-corrected chi connectivity index (χ2v) is 10.7. The smallest absolute Gasteiger partial charge is 0.338 e. The van der Waals surface area contributed by atoms with Crippen LogP contribution in [0.1, 0.15) is 47.9 Å². The molecule has 0 saturated heterocycles. The van der Waals surface area contributed by atoms with Crippen LogP contribution in [0.5, 0.6) is 0 Å². The summed E-state index contributed by atoms with van der Waals surface area (Å²) in [6, 6.07) is 20.9. The van der Waals surface area contributed by atoms with E-state index in [9.17, 15) is 4.79 Å². The molecule has 5 nitrogen and oxygen atoms in total. The molecule has 35 heavy (non-hydrogen) atoms. The van der Waals surface area contributed by atoms with Crippen LogP contribution >= 0.6 is 11.3 Å². The summed E-state index contributed by atoms with van der Waals surface area (Å²) in [4.78, 5) is 14.6. The Morgan fingerprint density at radius 1 is 1.11 bits per heavy atom. The first kappa shape index (κ1) is 23.4. The van der Waals surface area contributed by atoms with Crippen LogP contribution in [0.25, 0.3) is 10.9 Å². The van der Waals surface area contributed by atoms with E-state index >= 15 is 0 Å². The molecule has 0 spiro atoms. The number of para-hydroxylation sites is 1. The van der Waals surface area contributed by atoms with E-state index in [4.69, 9.17) is 5.10 Å². The zero-order chi connectivity index (χ0) is 24.4. The maximum Gasteiger partial charge on any atom is 0.338 e. The molecule has 4 aromatic rings. The van der Waals surface area contributed by atoms with Crippen molar-refractivity contribution in [2.45, 2.75) is 39.2 Å². The van der Waals surface area contributed by atoms with Crippen LogP contribution in [-0.4, -0.2) is 27.9 Å². The van der Waals surface area contributed by atoms with E-state index in [2.05, 4.69) is 97.0 Å². The van der Waals surface area contributed by atoms with Gasteiger partial charge in [0.05, 0.1) is 11.8 Å². The van der Waals surface area contributed by atoms with Crippen molar-refractivity contribution in [1.29, 1.82) is 0 Å². The van der Waals surface area contributed by atoms with Gasteiger partial charge in [-0.15, -0.1) is 11.3 Å². The van der Waals surface area contributed by atoms with Crippen molar-refractivity contribution < 1.29 is 4.79 Å². The second-order valence-electron chi connectivity index (χ2n) is 9.68. The van der Waals surface area contributed by atoms with Crippen LogP contribution in [0.3, 0.4) is 0 Å². The topological polar surface area (TPSA) is 49.6 Å². The Morgan fingerprint density at radius 2 is 1.91 bits per heavy atom. The number of thiophene rings is 1. The molecular formula is C29H32N4OS. The van der Waals surface area contributed by atoms with Gasteiger partial charge in [0.15, 0.2) is 0 Å². The highest BCUT2D eigenvalue weighted by Crippen LogP contribution is 2.37. The minimum absolute atomic E-state index is 0.145. The number of urea groups is 1. The molecule has 1 atom stereocenters. The van der Waals surface area contributed by atoms with Crippen molar-refractivity contribution >= 4 is 34.0 Å². The normalized spacial score (nSPS) is 15.7. The number of nitrogens with one attached hydrogen (secondary N) is 1. The second kappa shape index (κ2) is 10.1. The number of nitrogens with zero attached hydrogens (tertiary/aromatic N) is 3. The number of carbonyl (C=O) groups is 1. The highest BCUT2D eigenvalue weighted by molar-refractivity contribution is 7.09. The van der Waals surface area contributed by atoms with E-state index in [1.165, 1.54) is 15.8 Å². The first-order valence-corrected chi connectivity index (χ1v) is 13.2. The number of rotatable bonds is 7. The Morgan fingerprint density at radius 3 is 2.66 bits per heavy atom. The predicted octanol–water partition coefficient (Wildman–Crippen LogP) is 6.54. The quantitative estimate of drug-likeness (QED) is 0.318. The Labute approximate surface area is 211 Å². The van der Waals surface area contributed by atoms with Gasteiger partial charge in [0.1, 0.15) is 0 Å². The number of aromatic nitrogens is 1. The van der Waals surface area contributed by atoms with Gasteiger partial charge >= 0.3 is 6.03 Å². The molecule has 180 valence electrons. The molecule has 0 aliphatic carbocycles. The van der Waals surface area contributed by atoms with Crippen LogP contribution in [0, 0.1) is 5.92 Å². The van der Waals surface area contributed by atoms with Crippen molar-refractivity contribution in [2.24, 2.45) is 18.1 Å². The largest absolute Gasteiger partial charge is 0.350 e. The number of benzene rings is 2. The van der Waals surface area contributed by atoms with Crippen LogP contribution in [0.4, 0.5) is 4.79 Å². The number of hydrogen-bond donors (Lipinski definition) is 1. The minimum Gasteiger partial charge on any atom is -0.350 e. The van der Waals surface area contributed by atoms with Gasteiger partial charge in [0.2, 0.25) is 0 Å². The summed E-state index contributed by atoms with van der Waals surface area (Å²) in [5.74, 6) is 0.619. The summed E-state index contributed by atoms with van der Waals surface area (Å²) in [5.41, 5.74) is 5.65. The van der Waals surface area contributed by atoms with Gasteiger partial charge in [0.25, 0.3) is 0 Å². The molecule has 0 bridgehead atoms. The molecule has 2 amide bonds. The molecular weight excluding hydrogens is 452 g/mol. The van der Waals surface area contributed by atoms with Crippen LogP contribution in [-0.2, 0) is 19.9 Å². The highest BCUT2D eigenvalue weighted by Gasteiger charge is 2.34. The van der Waals surface area contributed by atoms with E-state index in [-0.39, 0.29) is 12.1 Å². The summed E-state index contributed by atoms with van der Waals surface area (Å²) in [6.07, 6.45) is 4.72. The summed E-state index contributed by atoms with van der Waals surface area (Å²) in [7, 11) is 2.06. The Bertz CT molecular complexity index is 1340. The van der Waals surface area contributed by atoms with Crippen LogP contribution in [0.15, 0.2) is 77.3 Å². The number of hydrogen-bond acceptors (Lipinski definition) is 3. The maximum absolute atomic E-state index is 13.4. The molecule has 0 radical (unpaired) electrons. The molecule has 1 N–H and O–H groups in total. The average molecular weight is 485 g/mol. The summed E-state index contributed by atoms with van der Waals surface area (Å²) in [5, 5.41) is 12.9. The monoisotopic (exact) mass is 484 g/mol. The molecule has 1 aliphatic heterocycles. The van der Waals surface area contributed by atoms with E-state index in [1.54, 1.807) is 16.3 Å². The third kappa shape index (κ3) is 5.03. The van der Waals surface area contributed by atoms with E-state index in [1.807, 2.05) is 6.07 Å². The van der Waals surface area contributed by atoms with Gasteiger partial charge in [-0.1, -0.05) is 62.4 Å². The Hall–Kier alpha value is -3.38. The van der Waals surface area contributed by atoms with Crippen molar-refractivity contribution in [2.75, 3.05) is 6.54 Å². The zero-order valence-electron chi connectivity index (χ0n) is 20.6. The van der Waals surface area contributed by atoms with E-state index in [0.717, 1.165) is 35.2 Å². The number of fused-ring (bicyclic) bond motifs is 1. The standard InChI is InChI=1S/C29H32N4OS/c1-20(2)17-21-10-12-22(13-11-21)26-18-28(25-19-32(3)27-9-5-4-8-24(25)27)33(31-26)29(34)30-15-14-23-7-6-16-35-23/h4-13,16,19-20,28H,14-15,17-18H2,1-3H3,(H,30,34). The molecule has 5 rings (SSSR count). The average Bonchev–Trinajstić information content (AvgIpc) is 3.59. The third-order valence-electron chi connectivity index (χ3n) is 6.56. The minimum atomic E-state index is -0.147. The number of carbonyl (C=O) groups excluding carboxylic acids is 1. The molecule has 1 unspecified atom stereocenters.